The van der Waals surface area contributed by atoms with E-state index in [9.17, 15) is 14.4 Å². The summed E-state index contributed by atoms with van der Waals surface area (Å²) in [7, 11) is 0. The Bertz CT molecular complexity index is 859. The minimum Gasteiger partial charge on any atom is -0.325 e. The summed E-state index contributed by atoms with van der Waals surface area (Å²) >= 11 is 0. The fourth-order valence-electron chi connectivity index (χ4n) is 5.35. The summed E-state index contributed by atoms with van der Waals surface area (Å²) in [5, 5.41) is 5.99. The Morgan fingerprint density at radius 1 is 1.22 bits per heavy atom. The van der Waals surface area contributed by atoms with Crippen molar-refractivity contribution in [1.29, 1.82) is 0 Å². The van der Waals surface area contributed by atoms with Gasteiger partial charge in [-0.2, -0.15) is 0 Å². The number of nitrogens with one attached hydrogen (secondary N) is 2. The van der Waals surface area contributed by atoms with Crippen LogP contribution in [0.5, 0.6) is 0 Å². The maximum atomic E-state index is 12.9. The molecule has 0 aromatic heterocycles. The van der Waals surface area contributed by atoms with Crippen LogP contribution in [-0.2, 0) is 22.7 Å². The summed E-state index contributed by atoms with van der Waals surface area (Å²) in [6.07, 6.45) is 4.94. The van der Waals surface area contributed by atoms with Crippen molar-refractivity contribution in [2.24, 2.45) is 5.73 Å². The van der Waals surface area contributed by atoms with Gasteiger partial charge in [0.15, 0.2) is 0 Å². The summed E-state index contributed by atoms with van der Waals surface area (Å²) in [5.41, 5.74) is 9.16. The van der Waals surface area contributed by atoms with Gasteiger partial charge < -0.3 is 16.0 Å². The Kier molecular flexibility index (Phi) is 3.52. The molecule has 142 valence electrons. The van der Waals surface area contributed by atoms with Gasteiger partial charge in [0.25, 0.3) is 5.91 Å². The van der Waals surface area contributed by atoms with Crippen molar-refractivity contribution in [2.75, 3.05) is 0 Å². The molecule has 2 heterocycles. The number of nitrogens with zero attached hydrogens (tertiary/aromatic N) is 1. The Labute approximate surface area is 157 Å². The van der Waals surface area contributed by atoms with E-state index in [1.807, 2.05) is 18.2 Å². The molecule has 7 heteroatoms. The summed E-state index contributed by atoms with van der Waals surface area (Å²) in [4.78, 5) is 37.9. The van der Waals surface area contributed by atoms with E-state index >= 15 is 0 Å². The Hall–Kier alpha value is -2.25. The minimum absolute atomic E-state index is 0.0450. The zero-order valence-corrected chi connectivity index (χ0v) is 15.2. The minimum atomic E-state index is -0.561. The SMILES string of the molecule is NC12CCC(NCc3ccc4c(c3)C(=O)N(C3CCC(=O)NC3=O)C4)(C1)C2. The van der Waals surface area contributed by atoms with Gasteiger partial charge in [-0.3, -0.25) is 19.7 Å². The van der Waals surface area contributed by atoms with Gasteiger partial charge in [0.05, 0.1) is 0 Å². The molecule has 2 aliphatic heterocycles. The number of amides is 3. The van der Waals surface area contributed by atoms with Crippen molar-refractivity contribution in [1.82, 2.24) is 15.5 Å². The Balaban J connectivity index is 1.28. The highest BCUT2D eigenvalue weighted by Crippen LogP contribution is 2.53. The fraction of sp³-hybridized carbons (Fsp3) is 0.550. The molecule has 4 N–H and O–H groups in total. The molecule has 27 heavy (non-hydrogen) atoms. The van der Waals surface area contributed by atoms with Crippen molar-refractivity contribution < 1.29 is 14.4 Å². The molecular weight excluding hydrogens is 344 g/mol. The summed E-state index contributed by atoms with van der Waals surface area (Å²) in [5.74, 6) is -0.757. The second kappa shape index (κ2) is 5.62. The zero-order chi connectivity index (χ0) is 18.8. The highest BCUT2D eigenvalue weighted by atomic mass is 16.2. The van der Waals surface area contributed by atoms with Crippen LogP contribution < -0.4 is 16.4 Å². The number of nitrogens with two attached hydrogens (primary N) is 1. The van der Waals surface area contributed by atoms with Gasteiger partial charge in [-0.15, -0.1) is 0 Å². The Morgan fingerprint density at radius 3 is 2.74 bits per heavy atom. The van der Waals surface area contributed by atoms with Crippen LogP contribution >= 0.6 is 0 Å². The van der Waals surface area contributed by atoms with Gasteiger partial charge >= 0.3 is 0 Å². The lowest BCUT2D eigenvalue weighted by molar-refractivity contribution is -0.136. The summed E-state index contributed by atoms with van der Waals surface area (Å²) in [6, 6.07) is 5.41. The number of piperidine rings is 1. The van der Waals surface area contributed by atoms with E-state index in [0.29, 0.717) is 18.5 Å². The van der Waals surface area contributed by atoms with Crippen LogP contribution in [0.3, 0.4) is 0 Å². The molecule has 7 nitrogen and oxygen atoms in total. The van der Waals surface area contributed by atoms with Crippen LogP contribution in [0, 0.1) is 0 Å². The lowest BCUT2D eigenvalue weighted by Crippen LogP contribution is -2.60. The van der Waals surface area contributed by atoms with Crippen LogP contribution in [0.4, 0.5) is 0 Å². The predicted molar refractivity (Wildman–Crippen MR) is 97.4 cm³/mol. The first-order valence-electron chi connectivity index (χ1n) is 9.67. The molecule has 3 aliphatic carbocycles. The quantitative estimate of drug-likeness (QED) is 0.674. The molecule has 4 fully saturated rings. The van der Waals surface area contributed by atoms with Crippen molar-refractivity contribution in [2.45, 2.75) is 68.7 Å². The zero-order valence-electron chi connectivity index (χ0n) is 15.2. The highest BCUT2D eigenvalue weighted by Gasteiger charge is 2.58. The van der Waals surface area contributed by atoms with Gasteiger partial charge in [0, 0.05) is 36.2 Å². The van der Waals surface area contributed by atoms with E-state index in [2.05, 4.69) is 10.6 Å². The molecule has 1 atom stereocenters. The molecule has 2 bridgehead atoms. The van der Waals surface area contributed by atoms with Crippen molar-refractivity contribution in [3.8, 4) is 0 Å². The van der Waals surface area contributed by atoms with Gasteiger partial charge in [-0.05, 0) is 49.3 Å². The predicted octanol–water partition coefficient (Wildman–Crippen LogP) is 0.561. The van der Waals surface area contributed by atoms with Crippen LogP contribution in [0.2, 0.25) is 0 Å². The molecule has 0 radical (unpaired) electrons. The van der Waals surface area contributed by atoms with Gasteiger partial charge in [-0.1, -0.05) is 12.1 Å². The third kappa shape index (κ3) is 2.68. The van der Waals surface area contributed by atoms with E-state index in [1.165, 1.54) is 0 Å². The molecule has 1 saturated heterocycles. The smallest absolute Gasteiger partial charge is 0.255 e. The average Bonchev–Trinajstić information content (AvgIpc) is 3.22. The number of carbonyl (C=O) groups is 3. The maximum Gasteiger partial charge on any atom is 0.255 e. The second-order valence-electron chi connectivity index (χ2n) is 8.74. The fourth-order valence-corrected chi connectivity index (χ4v) is 5.35. The van der Waals surface area contributed by atoms with E-state index in [4.69, 9.17) is 5.73 Å². The molecule has 3 saturated carbocycles. The number of fused-ring (bicyclic) bond motifs is 2. The van der Waals surface area contributed by atoms with Crippen LogP contribution in [0.15, 0.2) is 18.2 Å². The number of imide groups is 1. The van der Waals surface area contributed by atoms with Crippen LogP contribution in [0.25, 0.3) is 0 Å². The first kappa shape index (κ1) is 16.9. The molecule has 1 unspecified atom stereocenters. The molecule has 3 amide bonds. The molecule has 1 aromatic carbocycles. The van der Waals surface area contributed by atoms with Crippen molar-refractivity contribution in [3.05, 3.63) is 34.9 Å². The van der Waals surface area contributed by atoms with Gasteiger partial charge in [-0.25, -0.2) is 0 Å². The monoisotopic (exact) mass is 368 g/mol. The molecular formula is C20H24N4O3. The van der Waals surface area contributed by atoms with E-state index in [1.54, 1.807) is 4.90 Å². The van der Waals surface area contributed by atoms with Gasteiger partial charge in [0.1, 0.15) is 6.04 Å². The average molecular weight is 368 g/mol. The maximum absolute atomic E-state index is 12.9. The van der Waals surface area contributed by atoms with Crippen LogP contribution in [-0.4, -0.2) is 39.7 Å². The molecule has 5 aliphatic rings. The lowest BCUT2D eigenvalue weighted by atomic mass is 9.72. The normalized spacial score (nSPS) is 34.5. The first-order valence-corrected chi connectivity index (χ1v) is 9.67. The standard InChI is InChI=1S/C20H24N4O3/c21-19-5-6-20(10-19,11-19)22-8-12-1-2-13-9-24(18(27)14(13)7-12)15-3-4-16(25)23-17(15)26/h1-2,7,15,22H,3-6,8-11,21H2,(H,23,25,26). The molecule has 1 aromatic rings. The topological polar surface area (TPSA) is 105 Å². The number of hydrogen-bond donors (Lipinski definition) is 3. The summed E-state index contributed by atoms with van der Waals surface area (Å²) in [6.45, 7) is 1.14. The van der Waals surface area contributed by atoms with Crippen LogP contribution in [0.1, 0.15) is 60.0 Å². The van der Waals surface area contributed by atoms with Gasteiger partial charge in [0.2, 0.25) is 11.8 Å². The van der Waals surface area contributed by atoms with E-state index in [0.717, 1.165) is 43.4 Å². The van der Waals surface area contributed by atoms with Crippen molar-refractivity contribution in [3.63, 3.8) is 0 Å². The van der Waals surface area contributed by atoms with E-state index < -0.39 is 6.04 Å². The largest absolute Gasteiger partial charge is 0.325 e. The second-order valence-corrected chi connectivity index (χ2v) is 8.74. The third-order valence-corrected chi connectivity index (χ3v) is 6.74. The highest BCUT2D eigenvalue weighted by molar-refractivity contribution is 6.05. The summed E-state index contributed by atoms with van der Waals surface area (Å²) < 4.78 is 0. The van der Waals surface area contributed by atoms with E-state index in [-0.39, 0.29) is 35.2 Å². The molecule has 6 rings (SSSR count). The third-order valence-electron chi connectivity index (χ3n) is 6.74. The molecule has 0 spiro atoms. The number of carbonyl (C=O) groups excluding carboxylic acids is 3. The van der Waals surface area contributed by atoms with Crippen molar-refractivity contribution >= 4 is 17.7 Å². The number of benzene rings is 1. The first-order chi connectivity index (χ1) is 12.9. The number of hydrogen-bond acceptors (Lipinski definition) is 5. The lowest BCUT2D eigenvalue weighted by Gasteiger charge is -2.46. The number of rotatable bonds is 4. The Morgan fingerprint density at radius 2 is 2.04 bits per heavy atom.